The molecule has 1 heteroatoms. The topological polar surface area (TPSA) is 0 Å². The molecule has 0 heterocycles. The molecule has 0 aromatic rings. The molecule has 0 spiro atoms. The van der Waals surface area contributed by atoms with Crippen LogP contribution in [0.15, 0.2) is 12.7 Å². The van der Waals surface area contributed by atoms with Crippen LogP contribution in [-0.4, -0.2) is 30.7 Å². The van der Waals surface area contributed by atoms with Gasteiger partial charge in [0.2, 0.25) is 0 Å². The van der Waals surface area contributed by atoms with Crippen LogP contribution in [0.5, 0.6) is 0 Å². The van der Waals surface area contributed by atoms with E-state index in [0.29, 0.717) is 0 Å². The van der Waals surface area contributed by atoms with E-state index < -0.39 is 0 Å². The Balaban J connectivity index is 3.24. The van der Waals surface area contributed by atoms with E-state index in [1.165, 1.54) is 153 Å². The van der Waals surface area contributed by atoms with E-state index in [1.54, 1.807) is 0 Å². The summed E-state index contributed by atoms with van der Waals surface area (Å²) in [5.74, 6) is 0. The summed E-state index contributed by atoms with van der Waals surface area (Å²) in [5.41, 5.74) is 0. The second-order valence-corrected chi connectivity index (χ2v) is 9.89. The summed E-state index contributed by atoms with van der Waals surface area (Å²) >= 11 is 0. The summed E-state index contributed by atoms with van der Waals surface area (Å²) in [6.45, 7) is 15.9. The predicted molar refractivity (Wildman–Crippen MR) is 139 cm³/mol. The fourth-order valence-corrected chi connectivity index (χ4v) is 4.87. The highest BCUT2D eigenvalue weighted by atomic mass is 15.3. The molecule has 0 aliphatic rings. The van der Waals surface area contributed by atoms with E-state index in [9.17, 15) is 0 Å². The maximum absolute atomic E-state index is 3.96. The number of likely N-dealkylation sites (N-methyl/N-ethyl adjacent to an activating group) is 1. The molecule has 0 rings (SSSR count). The lowest BCUT2D eigenvalue weighted by Gasteiger charge is -2.36. The van der Waals surface area contributed by atoms with Crippen molar-refractivity contribution < 1.29 is 4.48 Å². The quantitative estimate of drug-likeness (QED) is 0.0779. The van der Waals surface area contributed by atoms with Gasteiger partial charge in [0.15, 0.2) is 0 Å². The first-order chi connectivity index (χ1) is 14.7. The molecule has 0 saturated carbocycles. The van der Waals surface area contributed by atoms with Crippen LogP contribution in [0.3, 0.4) is 0 Å². The van der Waals surface area contributed by atoms with E-state index in [0.717, 1.165) is 6.54 Å². The molecule has 0 amide bonds. The molecule has 0 aromatic heterocycles. The van der Waals surface area contributed by atoms with Crippen molar-refractivity contribution in [1.29, 1.82) is 0 Å². The van der Waals surface area contributed by atoms with Crippen LogP contribution in [0.25, 0.3) is 0 Å². The molecule has 0 bridgehead atoms. The van der Waals surface area contributed by atoms with Crippen LogP contribution in [0, 0.1) is 0 Å². The molecule has 0 atom stereocenters. The Hall–Kier alpha value is -0.300. The van der Waals surface area contributed by atoms with Gasteiger partial charge >= 0.3 is 0 Å². The SMILES string of the molecule is C=CC[N+](CC)(CC)CCCCCCCCCCCCCCCCCCCCCC. The lowest BCUT2D eigenvalue weighted by Crippen LogP contribution is -2.48. The lowest BCUT2D eigenvalue weighted by molar-refractivity contribution is -0.919. The minimum absolute atomic E-state index is 1.14. The summed E-state index contributed by atoms with van der Waals surface area (Å²) in [4.78, 5) is 0. The molecule has 0 N–H and O–H groups in total. The van der Waals surface area contributed by atoms with Crippen molar-refractivity contribution in [2.75, 3.05) is 26.2 Å². The van der Waals surface area contributed by atoms with Crippen molar-refractivity contribution in [1.82, 2.24) is 0 Å². The summed E-state index contributed by atoms with van der Waals surface area (Å²) in [6, 6.07) is 0. The first kappa shape index (κ1) is 29.7. The van der Waals surface area contributed by atoms with E-state index in [-0.39, 0.29) is 0 Å². The average Bonchev–Trinajstić information content (AvgIpc) is 2.77. The van der Waals surface area contributed by atoms with E-state index in [2.05, 4.69) is 33.4 Å². The van der Waals surface area contributed by atoms with Gasteiger partial charge in [-0.05, 0) is 32.8 Å². The standard InChI is InChI=1S/C29H60N/c1-5-9-10-11-12-13-14-15-16-17-18-19-20-21-22-23-24-25-26-27-29-30(7-3,8-4)28-6-2/h6H,2,5,7-29H2,1,3-4H3/q+1. The van der Waals surface area contributed by atoms with Crippen LogP contribution in [0.1, 0.15) is 149 Å². The molecule has 0 unspecified atom stereocenters. The number of unbranched alkanes of at least 4 members (excludes halogenated alkanes) is 19. The number of quaternary nitrogens is 1. The third kappa shape index (κ3) is 18.5. The fourth-order valence-electron chi connectivity index (χ4n) is 4.87. The molecule has 180 valence electrons. The molecule has 1 nitrogen and oxygen atoms in total. The van der Waals surface area contributed by atoms with Gasteiger partial charge in [-0.25, -0.2) is 0 Å². The van der Waals surface area contributed by atoms with Crippen molar-refractivity contribution in [2.45, 2.75) is 149 Å². The van der Waals surface area contributed by atoms with Crippen molar-refractivity contribution in [3.8, 4) is 0 Å². The van der Waals surface area contributed by atoms with Crippen LogP contribution >= 0.6 is 0 Å². The zero-order chi connectivity index (χ0) is 22.2. The molecular weight excluding hydrogens is 362 g/mol. The highest BCUT2D eigenvalue weighted by molar-refractivity contribution is 4.66. The Morgan fingerprint density at radius 1 is 0.467 bits per heavy atom. The molecular formula is C29H60N+. The molecule has 0 aliphatic carbocycles. The number of rotatable bonds is 25. The summed E-state index contributed by atoms with van der Waals surface area (Å²) in [7, 11) is 0. The van der Waals surface area contributed by atoms with Crippen LogP contribution in [0.4, 0.5) is 0 Å². The van der Waals surface area contributed by atoms with Gasteiger partial charge in [0, 0.05) is 0 Å². The predicted octanol–water partition coefficient (Wildman–Crippen LogP) is 9.85. The molecule has 30 heavy (non-hydrogen) atoms. The Labute approximate surface area is 192 Å². The van der Waals surface area contributed by atoms with Gasteiger partial charge in [-0.3, -0.25) is 0 Å². The van der Waals surface area contributed by atoms with Gasteiger partial charge in [0.1, 0.15) is 0 Å². The van der Waals surface area contributed by atoms with E-state index >= 15 is 0 Å². The summed E-state index contributed by atoms with van der Waals surface area (Å²) in [5, 5.41) is 0. The minimum atomic E-state index is 1.14. The van der Waals surface area contributed by atoms with Crippen molar-refractivity contribution in [2.24, 2.45) is 0 Å². The largest absolute Gasteiger partial charge is 0.321 e. The van der Waals surface area contributed by atoms with Gasteiger partial charge in [-0.15, -0.1) is 0 Å². The lowest BCUT2D eigenvalue weighted by atomic mass is 10.0. The number of hydrogen-bond donors (Lipinski definition) is 0. The highest BCUT2D eigenvalue weighted by Gasteiger charge is 2.20. The van der Waals surface area contributed by atoms with Gasteiger partial charge in [-0.1, -0.05) is 129 Å². The smallest absolute Gasteiger partial charge is 0.0970 e. The van der Waals surface area contributed by atoms with Crippen molar-refractivity contribution in [3.63, 3.8) is 0 Å². The zero-order valence-electron chi connectivity index (χ0n) is 21.7. The van der Waals surface area contributed by atoms with Gasteiger partial charge < -0.3 is 4.48 Å². The first-order valence-electron chi connectivity index (χ1n) is 14.2. The Kier molecular flexibility index (Phi) is 23.1. The first-order valence-corrected chi connectivity index (χ1v) is 14.2. The number of nitrogens with zero attached hydrogens (tertiary/aromatic N) is 1. The highest BCUT2D eigenvalue weighted by Crippen LogP contribution is 2.15. The van der Waals surface area contributed by atoms with E-state index in [4.69, 9.17) is 0 Å². The van der Waals surface area contributed by atoms with Crippen molar-refractivity contribution in [3.05, 3.63) is 12.7 Å². The molecule has 0 radical (unpaired) electrons. The third-order valence-corrected chi connectivity index (χ3v) is 7.34. The minimum Gasteiger partial charge on any atom is -0.321 e. The molecule has 0 saturated heterocycles. The monoisotopic (exact) mass is 422 g/mol. The Morgan fingerprint density at radius 3 is 1.03 bits per heavy atom. The molecule has 0 fully saturated rings. The van der Waals surface area contributed by atoms with E-state index in [1.807, 2.05) is 0 Å². The fraction of sp³-hybridized carbons (Fsp3) is 0.931. The number of hydrogen-bond acceptors (Lipinski definition) is 0. The maximum atomic E-state index is 3.96. The second kappa shape index (κ2) is 23.4. The normalized spacial score (nSPS) is 11.8. The van der Waals surface area contributed by atoms with Gasteiger partial charge in [-0.2, -0.15) is 0 Å². The van der Waals surface area contributed by atoms with Gasteiger partial charge in [0.05, 0.1) is 26.2 Å². The summed E-state index contributed by atoms with van der Waals surface area (Å²) in [6.07, 6.45) is 31.3. The molecule has 0 aliphatic heterocycles. The molecule has 0 aromatic carbocycles. The maximum Gasteiger partial charge on any atom is 0.0970 e. The van der Waals surface area contributed by atoms with Gasteiger partial charge in [0.25, 0.3) is 0 Å². The van der Waals surface area contributed by atoms with Crippen LogP contribution in [0.2, 0.25) is 0 Å². The van der Waals surface area contributed by atoms with Crippen LogP contribution < -0.4 is 0 Å². The van der Waals surface area contributed by atoms with Crippen molar-refractivity contribution >= 4 is 0 Å². The Bertz CT molecular complexity index is 331. The Morgan fingerprint density at radius 2 is 0.767 bits per heavy atom. The summed E-state index contributed by atoms with van der Waals surface area (Å²) < 4.78 is 1.24. The average molecular weight is 423 g/mol. The zero-order valence-corrected chi connectivity index (χ0v) is 21.7. The second-order valence-electron chi connectivity index (χ2n) is 9.89. The van der Waals surface area contributed by atoms with Crippen LogP contribution in [-0.2, 0) is 0 Å². The third-order valence-electron chi connectivity index (χ3n) is 7.34.